The fourth-order valence-electron chi connectivity index (χ4n) is 1.35. The normalized spacial score (nSPS) is 10.4. The quantitative estimate of drug-likeness (QED) is 0.789. The lowest BCUT2D eigenvalue weighted by atomic mass is 10.1. The van der Waals surface area contributed by atoms with Gasteiger partial charge in [0.15, 0.2) is 5.78 Å². The van der Waals surface area contributed by atoms with Crippen LogP contribution < -0.4 is 0 Å². The maximum Gasteiger partial charge on any atom is 0.180 e. The van der Waals surface area contributed by atoms with Crippen LogP contribution in [0.2, 0.25) is 5.02 Å². The van der Waals surface area contributed by atoms with Crippen molar-refractivity contribution < 1.29 is 4.79 Å². The lowest BCUT2D eigenvalue weighted by Gasteiger charge is -1.99. The summed E-state index contributed by atoms with van der Waals surface area (Å²) in [5.74, 6) is 0.0508. The van der Waals surface area contributed by atoms with E-state index in [2.05, 4.69) is 9.59 Å². The van der Waals surface area contributed by atoms with Gasteiger partial charge < -0.3 is 0 Å². The SMILES string of the molecule is Cc1nnsc1C(=O)Cc1ccc(Cl)cc1. The van der Waals surface area contributed by atoms with Gasteiger partial charge in [-0.15, -0.1) is 5.10 Å². The van der Waals surface area contributed by atoms with Gasteiger partial charge in [-0.3, -0.25) is 4.79 Å². The number of nitrogens with zero attached hydrogens (tertiary/aromatic N) is 2. The Bertz CT molecular complexity index is 507. The van der Waals surface area contributed by atoms with E-state index in [1.807, 2.05) is 12.1 Å². The Morgan fingerprint density at radius 1 is 1.38 bits per heavy atom. The Labute approximate surface area is 102 Å². The zero-order valence-electron chi connectivity index (χ0n) is 8.61. The highest BCUT2D eigenvalue weighted by Crippen LogP contribution is 2.15. The molecule has 0 N–H and O–H groups in total. The minimum atomic E-state index is 0.0508. The molecule has 5 heteroatoms. The molecule has 0 unspecified atom stereocenters. The van der Waals surface area contributed by atoms with Gasteiger partial charge in [0.05, 0.1) is 5.69 Å². The second-order valence-corrected chi connectivity index (χ2v) is 4.60. The van der Waals surface area contributed by atoms with E-state index in [0.717, 1.165) is 17.1 Å². The van der Waals surface area contributed by atoms with Crippen LogP contribution >= 0.6 is 23.1 Å². The standard InChI is InChI=1S/C11H9ClN2OS/c1-7-11(16-14-13-7)10(15)6-8-2-4-9(12)5-3-8/h2-5H,6H2,1H3. The Kier molecular flexibility index (Phi) is 3.31. The van der Waals surface area contributed by atoms with E-state index in [1.165, 1.54) is 0 Å². The number of hydrogen-bond donors (Lipinski definition) is 0. The van der Waals surface area contributed by atoms with Gasteiger partial charge in [0, 0.05) is 11.4 Å². The Morgan fingerprint density at radius 2 is 2.06 bits per heavy atom. The number of carbonyl (C=O) groups excluding carboxylic acids is 1. The maximum atomic E-state index is 11.9. The van der Waals surface area contributed by atoms with Crippen molar-refractivity contribution in [1.82, 2.24) is 9.59 Å². The molecule has 0 aliphatic rings. The first kappa shape index (κ1) is 11.2. The Hall–Kier alpha value is -1.26. The van der Waals surface area contributed by atoms with Gasteiger partial charge in [-0.1, -0.05) is 28.2 Å². The first-order valence-corrected chi connectivity index (χ1v) is 5.88. The van der Waals surface area contributed by atoms with Gasteiger partial charge in [-0.05, 0) is 36.2 Å². The molecule has 2 aromatic rings. The third-order valence-corrected chi connectivity index (χ3v) is 3.30. The van der Waals surface area contributed by atoms with E-state index in [4.69, 9.17) is 11.6 Å². The van der Waals surface area contributed by atoms with Crippen LogP contribution in [0.15, 0.2) is 24.3 Å². The molecule has 1 aromatic carbocycles. The largest absolute Gasteiger partial charge is 0.293 e. The summed E-state index contributed by atoms with van der Waals surface area (Å²) in [5.41, 5.74) is 1.64. The number of benzene rings is 1. The molecule has 1 aromatic heterocycles. The van der Waals surface area contributed by atoms with E-state index in [9.17, 15) is 4.79 Å². The van der Waals surface area contributed by atoms with Crippen LogP contribution in [-0.4, -0.2) is 15.4 Å². The molecule has 1 heterocycles. The molecule has 2 rings (SSSR count). The maximum absolute atomic E-state index is 11.9. The fourth-order valence-corrected chi connectivity index (χ4v) is 2.07. The number of rotatable bonds is 3. The molecule has 0 saturated heterocycles. The average molecular weight is 253 g/mol. The van der Waals surface area contributed by atoms with Crippen molar-refractivity contribution in [2.75, 3.05) is 0 Å². The van der Waals surface area contributed by atoms with E-state index < -0.39 is 0 Å². The lowest BCUT2D eigenvalue weighted by Crippen LogP contribution is -2.02. The molecule has 0 saturated carbocycles. The second-order valence-electron chi connectivity index (χ2n) is 3.41. The minimum Gasteiger partial charge on any atom is -0.293 e. The number of halogens is 1. The predicted molar refractivity (Wildman–Crippen MR) is 64.1 cm³/mol. The highest BCUT2D eigenvalue weighted by Gasteiger charge is 2.13. The molecule has 82 valence electrons. The molecule has 0 radical (unpaired) electrons. The summed E-state index contributed by atoms with van der Waals surface area (Å²) in [6, 6.07) is 7.26. The summed E-state index contributed by atoms with van der Waals surface area (Å²) >= 11 is 6.91. The average Bonchev–Trinajstić information content (AvgIpc) is 2.68. The van der Waals surface area contributed by atoms with Crippen molar-refractivity contribution in [3.63, 3.8) is 0 Å². The van der Waals surface area contributed by atoms with Gasteiger partial charge in [0.25, 0.3) is 0 Å². The van der Waals surface area contributed by atoms with Crippen LogP contribution in [0.3, 0.4) is 0 Å². The third kappa shape index (κ3) is 2.46. The van der Waals surface area contributed by atoms with Crippen LogP contribution in [0.5, 0.6) is 0 Å². The second kappa shape index (κ2) is 4.72. The third-order valence-electron chi connectivity index (χ3n) is 2.18. The van der Waals surface area contributed by atoms with E-state index in [-0.39, 0.29) is 5.78 Å². The molecule has 0 amide bonds. The smallest absolute Gasteiger partial charge is 0.180 e. The van der Waals surface area contributed by atoms with Crippen molar-refractivity contribution in [2.45, 2.75) is 13.3 Å². The van der Waals surface area contributed by atoms with Crippen molar-refractivity contribution in [1.29, 1.82) is 0 Å². The minimum absolute atomic E-state index is 0.0508. The molecule has 0 aliphatic heterocycles. The number of aryl methyl sites for hydroxylation is 1. The van der Waals surface area contributed by atoms with Gasteiger partial charge in [-0.2, -0.15) is 0 Å². The highest BCUT2D eigenvalue weighted by molar-refractivity contribution is 7.08. The van der Waals surface area contributed by atoms with Gasteiger partial charge in [0.1, 0.15) is 4.88 Å². The fraction of sp³-hybridized carbons (Fsp3) is 0.182. The summed E-state index contributed by atoms with van der Waals surface area (Å²) in [4.78, 5) is 12.5. The number of Topliss-reactive ketones (excluding diaryl/α,β-unsaturated/α-hetero) is 1. The first-order chi connectivity index (χ1) is 7.66. The van der Waals surface area contributed by atoms with E-state index >= 15 is 0 Å². The van der Waals surface area contributed by atoms with Crippen LogP contribution in [0.4, 0.5) is 0 Å². The lowest BCUT2D eigenvalue weighted by molar-refractivity contribution is 0.0996. The molecular weight excluding hydrogens is 244 g/mol. The van der Waals surface area contributed by atoms with Gasteiger partial charge >= 0.3 is 0 Å². The molecule has 0 bridgehead atoms. The van der Waals surface area contributed by atoms with Crippen LogP contribution in [0.25, 0.3) is 0 Å². The van der Waals surface area contributed by atoms with Crippen molar-refractivity contribution >= 4 is 28.9 Å². The van der Waals surface area contributed by atoms with Crippen molar-refractivity contribution in [2.24, 2.45) is 0 Å². The Balaban J connectivity index is 2.14. The number of hydrogen-bond acceptors (Lipinski definition) is 4. The number of aromatic nitrogens is 2. The van der Waals surface area contributed by atoms with Crippen molar-refractivity contribution in [3.8, 4) is 0 Å². The summed E-state index contributed by atoms with van der Waals surface area (Å²) in [6.45, 7) is 1.79. The van der Waals surface area contributed by atoms with Crippen molar-refractivity contribution in [3.05, 3.63) is 45.4 Å². The molecular formula is C11H9ClN2OS. The van der Waals surface area contributed by atoms with E-state index in [1.54, 1.807) is 19.1 Å². The zero-order chi connectivity index (χ0) is 11.5. The topological polar surface area (TPSA) is 42.9 Å². The monoisotopic (exact) mass is 252 g/mol. The number of ketones is 1. The van der Waals surface area contributed by atoms with Gasteiger partial charge in [0.2, 0.25) is 0 Å². The van der Waals surface area contributed by atoms with Crippen LogP contribution in [0.1, 0.15) is 20.9 Å². The molecule has 0 atom stereocenters. The van der Waals surface area contributed by atoms with Crippen LogP contribution in [0, 0.1) is 6.92 Å². The summed E-state index contributed by atoms with van der Waals surface area (Å²) in [7, 11) is 0. The molecule has 0 fully saturated rings. The molecule has 0 aliphatic carbocycles. The highest BCUT2D eigenvalue weighted by atomic mass is 35.5. The number of carbonyl (C=O) groups is 1. The first-order valence-electron chi connectivity index (χ1n) is 4.73. The zero-order valence-corrected chi connectivity index (χ0v) is 10.2. The summed E-state index contributed by atoms with van der Waals surface area (Å²) in [5, 5.41) is 4.49. The summed E-state index contributed by atoms with van der Waals surface area (Å²) < 4.78 is 3.75. The van der Waals surface area contributed by atoms with Crippen LogP contribution in [-0.2, 0) is 6.42 Å². The molecule has 0 spiro atoms. The predicted octanol–water partition coefficient (Wildman–Crippen LogP) is 2.93. The summed E-state index contributed by atoms with van der Waals surface area (Å²) in [6.07, 6.45) is 0.363. The Morgan fingerprint density at radius 3 is 2.62 bits per heavy atom. The molecule has 16 heavy (non-hydrogen) atoms. The van der Waals surface area contributed by atoms with Gasteiger partial charge in [-0.25, -0.2) is 0 Å². The van der Waals surface area contributed by atoms with E-state index in [0.29, 0.717) is 22.0 Å². The molecule has 3 nitrogen and oxygen atoms in total.